The molecule has 0 radical (unpaired) electrons. The summed E-state index contributed by atoms with van der Waals surface area (Å²) in [6.45, 7) is 0. The molecular weight excluding hydrogens is 352 g/mol. The number of para-hydroxylation sites is 1. The number of phenols is 1. The molecule has 0 saturated carbocycles. The van der Waals surface area contributed by atoms with Crippen LogP contribution in [0.1, 0.15) is 28.8 Å². The predicted molar refractivity (Wildman–Crippen MR) is 106 cm³/mol. The second-order valence-corrected chi connectivity index (χ2v) is 6.98. The highest BCUT2D eigenvalue weighted by atomic mass is 16.7. The van der Waals surface area contributed by atoms with Gasteiger partial charge in [0.05, 0.1) is 18.7 Å². The first kappa shape index (κ1) is 16.8. The summed E-state index contributed by atoms with van der Waals surface area (Å²) in [6.07, 6.45) is -0.220. The lowest BCUT2D eigenvalue weighted by Crippen LogP contribution is -2.35. The van der Waals surface area contributed by atoms with E-state index in [9.17, 15) is 5.11 Å². The van der Waals surface area contributed by atoms with Crippen molar-refractivity contribution >= 4 is 5.71 Å². The quantitative estimate of drug-likeness (QED) is 0.737. The van der Waals surface area contributed by atoms with E-state index in [1.54, 1.807) is 24.4 Å². The molecule has 0 aliphatic carbocycles. The van der Waals surface area contributed by atoms with Gasteiger partial charge in [0.15, 0.2) is 0 Å². The number of hydrogen-bond donors (Lipinski definition) is 1. The van der Waals surface area contributed by atoms with E-state index in [2.05, 4.69) is 12.1 Å². The van der Waals surface area contributed by atoms with Crippen LogP contribution >= 0.6 is 0 Å². The molecule has 140 valence electrons. The summed E-state index contributed by atoms with van der Waals surface area (Å²) in [5.74, 6) is 0.952. The Morgan fingerprint density at radius 3 is 2.46 bits per heavy atom. The molecule has 5 rings (SSSR count). The third-order valence-corrected chi connectivity index (χ3v) is 5.37. The molecule has 2 heterocycles. The lowest BCUT2D eigenvalue weighted by Gasteiger charge is -2.36. The van der Waals surface area contributed by atoms with Crippen LogP contribution in [0.25, 0.3) is 0 Å². The monoisotopic (exact) mass is 372 g/mol. The fourth-order valence-corrected chi connectivity index (χ4v) is 4.17. The number of hydroxylamine groups is 1. The normalized spacial score (nSPS) is 22.8. The van der Waals surface area contributed by atoms with E-state index in [-0.39, 0.29) is 23.8 Å². The Morgan fingerprint density at radius 1 is 0.929 bits per heavy atom. The molecule has 3 unspecified atom stereocenters. The van der Waals surface area contributed by atoms with Gasteiger partial charge >= 0.3 is 0 Å². The first-order valence-electron chi connectivity index (χ1n) is 9.28. The highest BCUT2D eigenvalue weighted by Crippen LogP contribution is 2.50. The van der Waals surface area contributed by atoms with E-state index in [1.165, 1.54) is 0 Å². The summed E-state index contributed by atoms with van der Waals surface area (Å²) < 4.78 is 6.48. The Hall–Kier alpha value is -3.31. The fourth-order valence-electron chi connectivity index (χ4n) is 4.17. The van der Waals surface area contributed by atoms with Gasteiger partial charge in [0.2, 0.25) is 0 Å². The van der Waals surface area contributed by atoms with Gasteiger partial charge in [-0.1, -0.05) is 54.6 Å². The number of rotatable bonds is 3. The molecule has 0 saturated heterocycles. The number of nitrogens with zero attached hydrogens (tertiary/aromatic N) is 2. The highest BCUT2D eigenvalue weighted by molar-refractivity contribution is 6.07. The molecule has 3 aromatic carbocycles. The lowest BCUT2D eigenvalue weighted by molar-refractivity contribution is -0.165. The van der Waals surface area contributed by atoms with E-state index in [4.69, 9.17) is 14.7 Å². The smallest absolute Gasteiger partial charge is 0.135 e. The summed E-state index contributed by atoms with van der Waals surface area (Å²) in [4.78, 5) is 5.62. The number of hydrazone groups is 1. The van der Waals surface area contributed by atoms with Crippen LogP contribution in [-0.2, 0) is 4.84 Å². The largest absolute Gasteiger partial charge is 0.508 e. The van der Waals surface area contributed by atoms with Gasteiger partial charge in [0.25, 0.3) is 0 Å². The average molecular weight is 372 g/mol. The first-order chi connectivity index (χ1) is 13.8. The molecule has 3 atom stereocenters. The minimum atomic E-state index is -0.220. The fraction of sp³-hybridized carbons (Fsp3) is 0.174. The Kier molecular flexibility index (Phi) is 4.02. The van der Waals surface area contributed by atoms with Crippen LogP contribution in [0.2, 0.25) is 0 Å². The van der Waals surface area contributed by atoms with Gasteiger partial charge in [-0.3, -0.25) is 4.84 Å². The highest BCUT2D eigenvalue weighted by Gasteiger charge is 2.49. The second kappa shape index (κ2) is 6.69. The molecule has 2 aliphatic rings. The van der Waals surface area contributed by atoms with Crippen molar-refractivity contribution in [1.29, 1.82) is 0 Å². The molecule has 5 nitrogen and oxygen atoms in total. The summed E-state index contributed by atoms with van der Waals surface area (Å²) >= 11 is 0. The van der Waals surface area contributed by atoms with Crippen molar-refractivity contribution in [1.82, 2.24) is 5.17 Å². The van der Waals surface area contributed by atoms with Crippen LogP contribution in [0.4, 0.5) is 0 Å². The zero-order valence-electron chi connectivity index (χ0n) is 15.4. The first-order valence-corrected chi connectivity index (χ1v) is 9.28. The van der Waals surface area contributed by atoms with Gasteiger partial charge in [-0.15, -0.1) is 0 Å². The van der Waals surface area contributed by atoms with Gasteiger partial charge in [-0.05, 0) is 35.4 Å². The number of hydrogen-bond acceptors (Lipinski definition) is 5. The Labute approximate surface area is 163 Å². The van der Waals surface area contributed by atoms with Crippen LogP contribution in [0.5, 0.6) is 11.5 Å². The van der Waals surface area contributed by atoms with Crippen LogP contribution in [0.3, 0.4) is 0 Å². The Morgan fingerprint density at radius 2 is 1.68 bits per heavy atom. The van der Waals surface area contributed by atoms with Crippen LogP contribution < -0.4 is 4.74 Å². The van der Waals surface area contributed by atoms with Crippen LogP contribution in [0.15, 0.2) is 84.0 Å². The molecule has 0 amide bonds. The van der Waals surface area contributed by atoms with Crippen LogP contribution in [0, 0.1) is 5.92 Å². The molecule has 5 heteroatoms. The molecule has 2 aliphatic heterocycles. The molecule has 0 aromatic heterocycles. The second-order valence-electron chi connectivity index (χ2n) is 6.98. The van der Waals surface area contributed by atoms with Crippen molar-refractivity contribution in [2.45, 2.75) is 12.1 Å². The average Bonchev–Trinajstić information content (AvgIpc) is 3.14. The van der Waals surface area contributed by atoms with Crippen molar-refractivity contribution in [3.63, 3.8) is 0 Å². The van der Waals surface area contributed by atoms with Gasteiger partial charge < -0.3 is 9.84 Å². The molecule has 3 aromatic rings. The Bertz CT molecular complexity index is 1030. The van der Waals surface area contributed by atoms with E-state index >= 15 is 0 Å². The van der Waals surface area contributed by atoms with Crippen molar-refractivity contribution < 1.29 is 14.7 Å². The minimum Gasteiger partial charge on any atom is -0.508 e. The topological polar surface area (TPSA) is 54.3 Å². The maximum absolute atomic E-state index is 10.0. The van der Waals surface area contributed by atoms with Gasteiger partial charge in [-0.2, -0.15) is 10.3 Å². The summed E-state index contributed by atoms with van der Waals surface area (Å²) in [6, 6.07) is 25.2. The molecule has 1 N–H and O–H groups in total. The van der Waals surface area contributed by atoms with E-state index in [0.717, 1.165) is 28.2 Å². The number of aromatic hydroxyl groups is 1. The van der Waals surface area contributed by atoms with Crippen molar-refractivity contribution in [3.05, 3.63) is 95.6 Å². The number of ether oxygens (including phenoxy) is 1. The molecule has 0 bridgehead atoms. The van der Waals surface area contributed by atoms with E-state index in [0.29, 0.717) is 0 Å². The molecule has 28 heavy (non-hydrogen) atoms. The third-order valence-electron chi connectivity index (χ3n) is 5.37. The van der Waals surface area contributed by atoms with E-state index in [1.807, 2.05) is 54.6 Å². The van der Waals surface area contributed by atoms with E-state index < -0.39 is 0 Å². The number of fused-ring (bicyclic) bond motifs is 3. The number of benzene rings is 3. The standard InChI is InChI=1S/C23H20N2O3/c1-27-25-22(16-10-7-11-17(26)14-16)20-21(24-25)18-12-5-6-13-19(18)28-23(20)15-8-3-2-4-9-15/h2-14,20,22-23,26H,1H3. The lowest BCUT2D eigenvalue weighted by atomic mass is 9.79. The minimum absolute atomic E-state index is 0.0842. The van der Waals surface area contributed by atoms with Gasteiger partial charge in [-0.25, -0.2) is 0 Å². The maximum Gasteiger partial charge on any atom is 0.135 e. The van der Waals surface area contributed by atoms with Crippen molar-refractivity contribution in [2.75, 3.05) is 7.11 Å². The molecular formula is C23H20N2O3. The molecule has 0 spiro atoms. The van der Waals surface area contributed by atoms with Crippen molar-refractivity contribution in [3.8, 4) is 11.5 Å². The third kappa shape index (κ3) is 2.63. The summed E-state index contributed by atoms with van der Waals surface area (Å²) in [5, 5.41) is 16.5. The predicted octanol–water partition coefficient (Wildman–Crippen LogP) is 4.46. The summed E-state index contributed by atoms with van der Waals surface area (Å²) in [5.41, 5.74) is 3.92. The maximum atomic E-state index is 10.0. The van der Waals surface area contributed by atoms with Crippen LogP contribution in [-0.4, -0.2) is 23.1 Å². The van der Waals surface area contributed by atoms with Gasteiger partial charge in [0.1, 0.15) is 23.6 Å². The SMILES string of the molecule is CON1N=C2c3ccccc3OC(c3ccccc3)C2C1c1cccc(O)c1. The van der Waals surface area contributed by atoms with Crippen molar-refractivity contribution in [2.24, 2.45) is 11.0 Å². The zero-order chi connectivity index (χ0) is 19.1. The number of phenolic OH excluding ortho intramolecular Hbond substituents is 1. The molecule has 0 fully saturated rings. The zero-order valence-corrected chi connectivity index (χ0v) is 15.4. The summed E-state index contributed by atoms with van der Waals surface area (Å²) in [7, 11) is 1.61. The van der Waals surface area contributed by atoms with Gasteiger partial charge in [0, 0.05) is 5.56 Å². The Balaban J connectivity index is 1.69.